The van der Waals surface area contributed by atoms with Gasteiger partial charge in [0.1, 0.15) is 5.75 Å². The highest BCUT2D eigenvalue weighted by atomic mass is 16.5. The third-order valence-electron chi connectivity index (χ3n) is 5.73. The quantitative estimate of drug-likeness (QED) is 0.904. The maximum absolute atomic E-state index is 13.0. The van der Waals surface area contributed by atoms with Gasteiger partial charge in [0.2, 0.25) is 5.91 Å². The zero-order valence-corrected chi connectivity index (χ0v) is 15.8. The minimum absolute atomic E-state index is 0.0677. The second-order valence-corrected chi connectivity index (χ2v) is 7.52. The summed E-state index contributed by atoms with van der Waals surface area (Å²) in [6.07, 6.45) is 1.97. The van der Waals surface area contributed by atoms with Crippen LogP contribution < -0.4 is 15.4 Å². The van der Waals surface area contributed by atoms with Crippen molar-refractivity contribution in [3.05, 3.63) is 59.7 Å². The number of fused-ring (bicyclic) bond motifs is 1. The number of aryl methyl sites for hydroxylation is 1. The van der Waals surface area contributed by atoms with Crippen molar-refractivity contribution in [1.82, 2.24) is 4.90 Å². The van der Waals surface area contributed by atoms with Crippen molar-refractivity contribution < 1.29 is 9.53 Å². The highest BCUT2D eigenvalue weighted by molar-refractivity contribution is 5.96. The van der Waals surface area contributed by atoms with Gasteiger partial charge in [0.25, 0.3) is 0 Å². The molecule has 1 fully saturated rings. The van der Waals surface area contributed by atoms with Crippen LogP contribution in [-0.4, -0.2) is 50.1 Å². The summed E-state index contributed by atoms with van der Waals surface area (Å²) in [4.78, 5) is 17.2. The van der Waals surface area contributed by atoms with Crippen molar-refractivity contribution in [2.45, 2.75) is 24.8 Å². The molecule has 2 aromatic rings. The first-order chi connectivity index (χ1) is 13.2. The van der Waals surface area contributed by atoms with Gasteiger partial charge in [-0.3, -0.25) is 9.69 Å². The molecule has 2 aliphatic rings. The first-order valence-corrected chi connectivity index (χ1v) is 9.66. The smallest absolute Gasteiger partial charge is 0.241 e. The SMILES string of the molecule is COc1ccc2c(c1)CCCN2C(=O)CN1C[C@@H](N)[C@H](c2ccccc2)C1. The Morgan fingerprint density at radius 3 is 2.78 bits per heavy atom. The highest BCUT2D eigenvalue weighted by Gasteiger charge is 2.33. The maximum atomic E-state index is 13.0. The van der Waals surface area contributed by atoms with Gasteiger partial charge < -0.3 is 15.4 Å². The van der Waals surface area contributed by atoms with Crippen LogP contribution in [0, 0.1) is 0 Å². The summed E-state index contributed by atoms with van der Waals surface area (Å²) in [6.45, 7) is 2.79. The number of benzene rings is 2. The predicted octanol–water partition coefficient (Wildman–Crippen LogP) is 2.40. The molecule has 0 aromatic heterocycles. The Morgan fingerprint density at radius 1 is 1.19 bits per heavy atom. The molecule has 27 heavy (non-hydrogen) atoms. The predicted molar refractivity (Wildman–Crippen MR) is 107 cm³/mol. The summed E-state index contributed by atoms with van der Waals surface area (Å²) < 4.78 is 5.32. The Bertz CT molecular complexity index is 808. The first kappa shape index (κ1) is 18.0. The summed E-state index contributed by atoms with van der Waals surface area (Å²) in [7, 11) is 1.67. The van der Waals surface area contributed by atoms with Crippen LogP contribution in [0.4, 0.5) is 5.69 Å². The number of nitrogens with zero attached hydrogens (tertiary/aromatic N) is 2. The molecule has 2 aromatic carbocycles. The summed E-state index contributed by atoms with van der Waals surface area (Å²) in [6, 6.07) is 16.4. The van der Waals surface area contributed by atoms with Crippen LogP contribution in [-0.2, 0) is 11.2 Å². The molecule has 5 heteroatoms. The van der Waals surface area contributed by atoms with Crippen LogP contribution in [0.25, 0.3) is 0 Å². The van der Waals surface area contributed by atoms with E-state index in [1.165, 1.54) is 11.1 Å². The number of amides is 1. The minimum Gasteiger partial charge on any atom is -0.497 e. The number of hydrogen-bond acceptors (Lipinski definition) is 4. The first-order valence-electron chi connectivity index (χ1n) is 9.66. The van der Waals surface area contributed by atoms with Gasteiger partial charge >= 0.3 is 0 Å². The van der Waals surface area contributed by atoms with Crippen LogP contribution in [0.3, 0.4) is 0 Å². The molecule has 142 valence electrons. The lowest BCUT2D eigenvalue weighted by molar-refractivity contribution is -0.119. The Hall–Kier alpha value is -2.37. The van der Waals surface area contributed by atoms with E-state index >= 15 is 0 Å². The molecule has 0 saturated carbocycles. The van der Waals surface area contributed by atoms with Crippen molar-refractivity contribution >= 4 is 11.6 Å². The standard InChI is InChI=1S/C22H27N3O2/c1-27-18-9-10-21-17(12-18)8-5-11-25(21)22(26)15-24-13-19(20(23)14-24)16-6-3-2-4-7-16/h2-4,6-7,9-10,12,19-20H,5,8,11,13-15,23H2,1H3/t19-,20+/m0/s1. The van der Waals surface area contributed by atoms with Crippen molar-refractivity contribution in [3.63, 3.8) is 0 Å². The average molecular weight is 365 g/mol. The van der Waals surface area contributed by atoms with E-state index in [1.54, 1.807) is 7.11 Å². The van der Waals surface area contributed by atoms with Crippen molar-refractivity contribution in [2.24, 2.45) is 5.73 Å². The van der Waals surface area contributed by atoms with E-state index < -0.39 is 0 Å². The molecule has 0 bridgehead atoms. The Morgan fingerprint density at radius 2 is 2.00 bits per heavy atom. The van der Waals surface area contributed by atoms with Gasteiger partial charge in [-0.1, -0.05) is 30.3 Å². The molecule has 0 unspecified atom stereocenters. The number of rotatable bonds is 4. The molecule has 2 heterocycles. The largest absolute Gasteiger partial charge is 0.497 e. The average Bonchev–Trinajstić information content (AvgIpc) is 3.07. The Balaban J connectivity index is 1.45. The lowest BCUT2D eigenvalue weighted by Gasteiger charge is -2.31. The van der Waals surface area contributed by atoms with E-state index in [0.29, 0.717) is 6.54 Å². The Kier molecular flexibility index (Phi) is 5.14. The molecule has 0 radical (unpaired) electrons. The van der Waals surface area contributed by atoms with E-state index in [1.807, 2.05) is 29.2 Å². The third-order valence-corrected chi connectivity index (χ3v) is 5.73. The number of methoxy groups -OCH3 is 1. The van der Waals surface area contributed by atoms with Crippen LogP contribution in [0.1, 0.15) is 23.5 Å². The normalized spacial score (nSPS) is 22.5. The number of nitrogens with two attached hydrogens (primary N) is 1. The summed E-state index contributed by atoms with van der Waals surface area (Å²) >= 11 is 0. The number of likely N-dealkylation sites (tertiary alicyclic amines) is 1. The second-order valence-electron chi connectivity index (χ2n) is 7.52. The minimum atomic E-state index is 0.0677. The van der Waals surface area contributed by atoms with Crippen molar-refractivity contribution in [1.29, 1.82) is 0 Å². The van der Waals surface area contributed by atoms with Crippen LogP contribution in [0.15, 0.2) is 48.5 Å². The Labute approximate surface area is 160 Å². The van der Waals surface area contributed by atoms with E-state index in [0.717, 1.165) is 43.9 Å². The fraction of sp³-hybridized carbons (Fsp3) is 0.409. The van der Waals surface area contributed by atoms with Gasteiger partial charge in [-0.15, -0.1) is 0 Å². The molecule has 1 saturated heterocycles. The van der Waals surface area contributed by atoms with Gasteiger partial charge in [-0.05, 0) is 42.2 Å². The zero-order valence-electron chi connectivity index (χ0n) is 15.8. The van der Waals surface area contributed by atoms with Gasteiger partial charge in [0.15, 0.2) is 0 Å². The van der Waals surface area contributed by atoms with Crippen LogP contribution in [0.5, 0.6) is 5.75 Å². The molecule has 1 amide bonds. The number of carbonyl (C=O) groups excluding carboxylic acids is 1. The van der Waals surface area contributed by atoms with E-state index in [9.17, 15) is 4.79 Å². The van der Waals surface area contributed by atoms with E-state index in [2.05, 4.69) is 29.2 Å². The number of hydrogen-bond donors (Lipinski definition) is 1. The van der Waals surface area contributed by atoms with Crippen LogP contribution >= 0.6 is 0 Å². The lowest BCUT2D eigenvalue weighted by atomic mass is 9.95. The monoisotopic (exact) mass is 365 g/mol. The molecular weight excluding hydrogens is 338 g/mol. The second kappa shape index (κ2) is 7.71. The highest BCUT2D eigenvalue weighted by Crippen LogP contribution is 2.31. The summed E-state index contributed by atoms with van der Waals surface area (Å²) in [5, 5.41) is 0. The zero-order chi connectivity index (χ0) is 18.8. The summed E-state index contributed by atoms with van der Waals surface area (Å²) in [5.74, 6) is 1.29. The fourth-order valence-electron chi connectivity index (χ4n) is 4.33. The topological polar surface area (TPSA) is 58.8 Å². The van der Waals surface area contributed by atoms with Gasteiger partial charge in [0.05, 0.1) is 13.7 Å². The molecule has 0 spiro atoms. The van der Waals surface area contributed by atoms with Crippen LogP contribution in [0.2, 0.25) is 0 Å². The van der Waals surface area contributed by atoms with Gasteiger partial charge in [-0.2, -0.15) is 0 Å². The van der Waals surface area contributed by atoms with E-state index in [-0.39, 0.29) is 17.9 Å². The molecule has 4 rings (SSSR count). The fourth-order valence-corrected chi connectivity index (χ4v) is 4.33. The molecule has 2 aliphatic heterocycles. The van der Waals surface area contributed by atoms with Crippen molar-refractivity contribution in [3.8, 4) is 5.75 Å². The molecule has 5 nitrogen and oxygen atoms in total. The van der Waals surface area contributed by atoms with Crippen molar-refractivity contribution in [2.75, 3.05) is 38.2 Å². The molecule has 2 N–H and O–H groups in total. The third kappa shape index (κ3) is 3.70. The summed E-state index contributed by atoms with van der Waals surface area (Å²) in [5.41, 5.74) is 9.86. The number of carbonyl (C=O) groups is 1. The number of anilines is 1. The van der Waals surface area contributed by atoms with E-state index in [4.69, 9.17) is 10.5 Å². The molecule has 2 atom stereocenters. The lowest BCUT2D eigenvalue weighted by Crippen LogP contribution is -2.42. The molecular formula is C22H27N3O2. The maximum Gasteiger partial charge on any atom is 0.241 e. The van der Waals surface area contributed by atoms with Gasteiger partial charge in [0, 0.05) is 37.3 Å². The number of ether oxygens (including phenoxy) is 1. The van der Waals surface area contributed by atoms with Gasteiger partial charge in [-0.25, -0.2) is 0 Å². The molecule has 0 aliphatic carbocycles.